The van der Waals surface area contributed by atoms with Crippen molar-refractivity contribution >= 4 is 16.8 Å². The third-order valence-corrected chi connectivity index (χ3v) is 4.50. The fourth-order valence-electron chi connectivity index (χ4n) is 3.30. The first-order valence-electron chi connectivity index (χ1n) is 8.07. The number of nitrogens with one attached hydrogen (secondary N) is 1. The molecule has 1 aliphatic rings. The smallest absolute Gasteiger partial charge is 0.262 e. The van der Waals surface area contributed by atoms with Gasteiger partial charge in [0.25, 0.3) is 5.56 Å². The Morgan fingerprint density at radius 3 is 2.56 bits per heavy atom. The van der Waals surface area contributed by atoms with Crippen LogP contribution in [-0.2, 0) is 16.9 Å². The van der Waals surface area contributed by atoms with Crippen molar-refractivity contribution in [2.24, 2.45) is 0 Å². The maximum atomic E-state index is 13.0. The van der Waals surface area contributed by atoms with E-state index in [1.165, 1.54) is 11.5 Å². The minimum Gasteiger partial charge on any atom is -0.365 e. The Balaban J connectivity index is 1.96. The minimum atomic E-state index is -1.70. The van der Waals surface area contributed by atoms with E-state index in [4.69, 9.17) is 0 Å². The lowest BCUT2D eigenvalue weighted by atomic mass is 10.00. The van der Waals surface area contributed by atoms with Crippen LogP contribution in [0.15, 0.2) is 59.4 Å². The Morgan fingerprint density at radius 2 is 1.80 bits per heavy atom. The van der Waals surface area contributed by atoms with E-state index in [0.717, 1.165) is 5.56 Å². The standard InChI is InChI=1S/C19H17N3O3/c1-19(25)18-20-14-10-6-5-9-13(14)17(24)22(18)15(16(23)21-19)11-12-7-3-2-4-8-12/h2-10,15,25H,11H2,1H3,(H,21,23)/t15-,19-/m0/s1. The number of rotatable bonds is 2. The number of carbonyl (C=O) groups excluding carboxylic acids is 1. The van der Waals surface area contributed by atoms with Gasteiger partial charge in [-0.25, -0.2) is 4.98 Å². The Bertz CT molecular complexity index is 1030. The SMILES string of the molecule is C[C@@]1(O)NC(=O)[C@H](Cc2ccccc2)n2c1nc1ccccc1c2=O. The Kier molecular flexibility index (Phi) is 3.43. The third-order valence-electron chi connectivity index (χ3n) is 4.50. The number of hydrogen-bond donors (Lipinski definition) is 2. The Labute approximate surface area is 143 Å². The number of benzene rings is 2. The molecule has 2 N–H and O–H groups in total. The van der Waals surface area contributed by atoms with Crippen LogP contribution in [0.1, 0.15) is 24.4 Å². The van der Waals surface area contributed by atoms with Crippen molar-refractivity contribution < 1.29 is 9.90 Å². The first-order valence-corrected chi connectivity index (χ1v) is 8.07. The molecule has 4 rings (SSSR count). The van der Waals surface area contributed by atoms with Crippen molar-refractivity contribution in [1.29, 1.82) is 0 Å². The van der Waals surface area contributed by atoms with E-state index in [0.29, 0.717) is 17.3 Å². The minimum absolute atomic E-state index is 0.150. The number of amides is 1. The second-order valence-corrected chi connectivity index (χ2v) is 6.39. The summed E-state index contributed by atoms with van der Waals surface area (Å²) in [6.45, 7) is 1.43. The lowest BCUT2D eigenvalue weighted by Gasteiger charge is -2.36. The molecule has 1 aromatic heterocycles. The van der Waals surface area contributed by atoms with Crippen LogP contribution in [0, 0.1) is 0 Å². The highest BCUT2D eigenvalue weighted by Crippen LogP contribution is 2.27. The predicted molar refractivity (Wildman–Crippen MR) is 92.9 cm³/mol. The maximum absolute atomic E-state index is 13.0. The van der Waals surface area contributed by atoms with E-state index in [2.05, 4.69) is 10.3 Å². The zero-order chi connectivity index (χ0) is 17.6. The summed E-state index contributed by atoms with van der Waals surface area (Å²) >= 11 is 0. The zero-order valence-corrected chi connectivity index (χ0v) is 13.6. The Morgan fingerprint density at radius 1 is 1.12 bits per heavy atom. The number of carbonyl (C=O) groups is 1. The fourth-order valence-corrected chi connectivity index (χ4v) is 3.30. The van der Waals surface area contributed by atoms with Crippen LogP contribution in [0.5, 0.6) is 0 Å². The summed E-state index contributed by atoms with van der Waals surface area (Å²) in [4.78, 5) is 30.1. The molecule has 0 radical (unpaired) electrons. The average Bonchev–Trinajstić information content (AvgIpc) is 2.59. The Hall–Kier alpha value is -2.99. The van der Waals surface area contributed by atoms with Crippen LogP contribution in [0.3, 0.4) is 0 Å². The molecule has 126 valence electrons. The molecule has 1 amide bonds. The molecule has 2 heterocycles. The van der Waals surface area contributed by atoms with Gasteiger partial charge in [-0.2, -0.15) is 0 Å². The molecule has 1 aliphatic heterocycles. The highest BCUT2D eigenvalue weighted by Gasteiger charge is 2.41. The average molecular weight is 335 g/mol. The number of nitrogens with zero attached hydrogens (tertiary/aromatic N) is 2. The van der Waals surface area contributed by atoms with Crippen molar-refractivity contribution in [2.45, 2.75) is 25.1 Å². The molecule has 0 unspecified atom stereocenters. The molecule has 2 aromatic carbocycles. The van der Waals surface area contributed by atoms with Gasteiger partial charge in [0.05, 0.1) is 10.9 Å². The number of para-hydroxylation sites is 1. The highest BCUT2D eigenvalue weighted by molar-refractivity contribution is 5.84. The summed E-state index contributed by atoms with van der Waals surface area (Å²) in [5, 5.41) is 13.6. The monoisotopic (exact) mass is 335 g/mol. The van der Waals surface area contributed by atoms with E-state index in [1.807, 2.05) is 30.3 Å². The number of fused-ring (bicyclic) bond motifs is 2. The van der Waals surface area contributed by atoms with Crippen LogP contribution in [-0.4, -0.2) is 20.6 Å². The van der Waals surface area contributed by atoms with Crippen molar-refractivity contribution in [3.63, 3.8) is 0 Å². The predicted octanol–water partition coefficient (Wildman–Crippen LogP) is 1.48. The summed E-state index contributed by atoms with van der Waals surface area (Å²) in [6, 6.07) is 15.6. The molecule has 6 nitrogen and oxygen atoms in total. The van der Waals surface area contributed by atoms with Gasteiger partial charge in [0.1, 0.15) is 6.04 Å². The van der Waals surface area contributed by atoms with Crippen LogP contribution >= 0.6 is 0 Å². The lowest BCUT2D eigenvalue weighted by molar-refractivity contribution is -0.136. The van der Waals surface area contributed by atoms with Crippen LogP contribution in [0.2, 0.25) is 0 Å². The summed E-state index contributed by atoms with van der Waals surface area (Å²) in [5.41, 5.74) is -0.603. The van der Waals surface area contributed by atoms with Gasteiger partial charge in [0.2, 0.25) is 5.91 Å². The first-order chi connectivity index (χ1) is 12.0. The quantitative estimate of drug-likeness (QED) is 0.743. The number of aromatic nitrogens is 2. The van der Waals surface area contributed by atoms with Gasteiger partial charge in [-0.05, 0) is 24.6 Å². The topological polar surface area (TPSA) is 84.2 Å². The first kappa shape index (κ1) is 15.5. The summed E-state index contributed by atoms with van der Waals surface area (Å²) in [5.74, 6) is -0.253. The molecule has 0 saturated heterocycles. The molecular formula is C19H17N3O3. The molecule has 0 bridgehead atoms. The van der Waals surface area contributed by atoms with Crippen molar-refractivity contribution in [3.8, 4) is 0 Å². The largest absolute Gasteiger partial charge is 0.365 e. The zero-order valence-electron chi connectivity index (χ0n) is 13.6. The summed E-state index contributed by atoms with van der Waals surface area (Å²) in [6.07, 6.45) is 0.343. The van der Waals surface area contributed by atoms with Crippen LogP contribution in [0.4, 0.5) is 0 Å². The van der Waals surface area contributed by atoms with Gasteiger partial charge in [-0.1, -0.05) is 42.5 Å². The lowest BCUT2D eigenvalue weighted by Crippen LogP contribution is -2.57. The van der Waals surface area contributed by atoms with Crippen molar-refractivity contribution in [2.75, 3.05) is 0 Å². The molecular weight excluding hydrogens is 318 g/mol. The summed E-state index contributed by atoms with van der Waals surface area (Å²) in [7, 11) is 0. The summed E-state index contributed by atoms with van der Waals surface area (Å²) < 4.78 is 1.33. The number of hydrogen-bond acceptors (Lipinski definition) is 4. The van der Waals surface area contributed by atoms with Crippen LogP contribution < -0.4 is 10.9 Å². The molecule has 25 heavy (non-hydrogen) atoms. The van der Waals surface area contributed by atoms with Crippen molar-refractivity contribution in [3.05, 3.63) is 76.3 Å². The molecule has 0 saturated carbocycles. The fraction of sp³-hybridized carbons (Fsp3) is 0.211. The molecule has 0 fully saturated rings. The molecule has 0 spiro atoms. The van der Waals surface area contributed by atoms with Gasteiger partial charge < -0.3 is 10.4 Å². The van der Waals surface area contributed by atoms with Gasteiger partial charge in [0, 0.05) is 6.42 Å². The van der Waals surface area contributed by atoms with Gasteiger partial charge in [-0.15, -0.1) is 0 Å². The van der Waals surface area contributed by atoms with Gasteiger partial charge in [0.15, 0.2) is 11.5 Å². The maximum Gasteiger partial charge on any atom is 0.262 e. The molecule has 6 heteroatoms. The van der Waals surface area contributed by atoms with E-state index in [1.54, 1.807) is 24.3 Å². The van der Waals surface area contributed by atoms with Crippen LogP contribution in [0.25, 0.3) is 10.9 Å². The molecule has 0 aliphatic carbocycles. The van der Waals surface area contributed by atoms with E-state index in [9.17, 15) is 14.7 Å². The second kappa shape index (κ2) is 5.53. The number of aliphatic hydroxyl groups is 1. The van der Waals surface area contributed by atoms with E-state index < -0.39 is 17.7 Å². The highest BCUT2D eigenvalue weighted by atomic mass is 16.3. The van der Waals surface area contributed by atoms with E-state index >= 15 is 0 Å². The van der Waals surface area contributed by atoms with Gasteiger partial charge >= 0.3 is 0 Å². The molecule has 2 atom stereocenters. The van der Waals surface area contributed by atoms with Crippen molar-refractivity contribution in [1.82, 2.24) is 14.9 Å². The molecule has 3 aromatic rings. The second-order valence-electron chi connectivity index (χ2n) is 6.39. The third kappa shape index (κ3) is 2.51. The van der Waals surface area contributed by atoms with E-state index in [-0.39, 0.29) is 11.4 Å². The normalized spacial score (nSPS) is 22.5. The van der Waals surface area contributed by atoms with Gasteiger partial charge in [-0.3, -0.25) is 14.2 Å².